The van der Waals surface area contributed by atoms with Crippen LogP contribution in [0.3, 0.4) is 0 Å². The van der Waals surface area contributed by atoms with E-state index in [-0.39, 0.29) is 0 Å². The van der Waals surface area contributed by atoms with Gasteiger partial charge in [-0.25, -0.2) is 4.99 Å². The highest BCUT2D eigenvalue weighted by atomic mass is 32.1. The van der Waals surface area contributed by atoms with Crippen LogP contribution in [0.15, 0.2) is 40.8 Å². The molecule has 0 fully saturated rings. The third-order valence-electron chi connectivity index (χ3n) is 4.91. The van der Waals surface area contributed by atoms with Gasteiger partial charge in [0.15, 0.2) is 5.96 Å². The van der Waals surface area contributed by atoms with Crippen LogP contribution in [0.2, 0.25) is 0 Å². The maximum Gasteiger partial charge on any atom is 0.195 e. The van der Waals surface area contributed by atoms with E-state index in [9.17, 15) is 0 Å². The van der Waals surface area contributed by atoms with E-state index in [0.717, 1.165) is 18.7 Å². The smallest absolute Gasteiger partial charge is 0.195 e. The zero-order chi connectivity index (χ0) is 17.6. The summed E-state index contributed by atoms with van der Waals surface area (Å²) in [6.45, 7) is 5.08. The fourth-order valence-corrected chi connectivity index (χ4v) is 4.63. The third-order valence-corrected chi connectivity index (χ3v) is 5.81. The lowest BCUT2D eigenvalue weighted by atomic mass is 9.89. The second-order valence-electron chi connectivity index (χ2n) is 6.38. The summed E-state index contributed by atoms with van der Waals surface area (Å²) >= 11 is 1.75. The van der Waals surface area contributed by atoms with Crippen LogP contribution < -0.4 is 16.4 Å². The summed E-state index contributed by atoms with van der Waals surface area (Å²) in [5.41, 5.74) is 10.3. The van der Waals surface area contributed by atoms with Crippen LogP contribution >= 0.6 is 11.3 Å². The summed E-state index contributed by atoms with van der Waals surface area (Å²) in [6, 6.07) is 8.65. The molecule has 0 aliphatic carbocycles. The Morgan fingerprint density at radius 3 is 2.88 bits per heavy atom. The molecule has 0 bridgehead atoms. The van der Waals surface area contributed by atoms with Crippen LogP contribution in [-0.4, -0.2) is 17.1 Å². The lowest BCUT2D eigenvalue weighted by Gasteiger charge is -2.36. The molecule has 1 atom stereocenters. The number of aryl methyl sites for hydroxylation is 1. The fraction of sp³-hybridized carbons (Fsp3) is 0.316. The van der Waals surface area contributed by atoms with E-state index in [1.54, 1.807) is 11.3 Å². The minimum atomic E-state index is -0.493. The van der Waals surface area contributed by atoms with E-state index in [4.69, 9.17) is 10.7 Å². The number of benzene rings is 1. The highest BCUT2D eigenvalue weighted by molar-refractivity contribution is 7.13. The molecule has 1 aliphatic heterocycles. The molecule has 0 saturated heterocycles. The molecule has 1 unspecified atom stereocenters. The Kier molecular flexibility index (Phi) is 3.81. The van der Waals surface area contributed by atoms with Gasteiger partial charge in [0.25, 0.3) is 0 Å². The monoisotopic (exact) mass is 353 g/mol. The topological polar surface area (TPSA) is 67.4 Å². The van der Waals surface area contributed by atoms with Crippen molar-refractivity contribution in [3.63, 3.8) is 0 Å². The molecule has 1 aliphatic rings. The SMILES string of the molecule is CCNC1(CC)N=C(N)Nc2cc(-c3cccs3)c3c(ccn3C)c21. The van der Waals surface area contributed by atoms with Crippen LogP contribution in [0.1, 0.15) is 25.8 Å². The van der Waals surface area contributed by atoms with Gasteiger partial charge in [0, 0.05) is 40.3 Å². The average molecular weight is 353 g/mol. The number of aliphatic imine (C=N–C) groups is 1. The number of aromatic nitrogens is 1. The molecule has 0 spiro atoms. The van der Waals surface area contributed by atoms with Gasteiger partial charge in [0.05, 0.1) is 5.52 Å². The van der Waals surface area contributed by atoms with Gasteiger partial charge in [-0.3, -0.25) is 5.32 Å². The van der Waals surface area contributed by atoms with E-state index in [1.165, 1.54) is 26.9 Å². The summed E-state index contributed by atoms with van der Waals surface area (Å²) < 4.78 is 2.19. The number of hydrogen-bond acceptors (Lipinski definition) is 5. The van der Waals surface area contributed by atoms with Crippen molar-refractivity contribution < 1.29 is 0 Å². The van der Waals surface area contributed by atoms with E-state index in [1.807, 2.05) is 0 Å². The lowest BCUT2D eigenvalue weighted by molar-refractivity contribution is 0.345. The van der Waals surface area contributed by atoms with Crippen molar-refractivity contribution >= 4 is 33.9 Å². The Morgan fingerprint density at radius 2 is 2.20 bits per heavy atom. The minimum Gasteiger partial charge on any atom is -0.370 e. The standard InChI is InChI=1S/C19H23N5S/c1-4-19(21-5-2)16-12-8-9-24(3)17(12)13(15-7-6-10-25-15)11-14(16)22-18(20)23-19/h6-11,21H,4-5H2,1-3H3,(H3,20,22,23). The Labute approximate surface area is 151 Å². The molecule has 3 heterocycles. The number of anilines is 1. The van der Waals surface area contributed by atoms with Crippen LogP contribution in [0.5, 0.6) is 0 Å². The summed E-state index contributed by atoms with van der Waals surface area (Å²) in [5.74, 6) is 0.461. The highest BCUT2D eigenvalue weighted by Gasteiger charge is 2.37. The Morgan fingerprint density at radius 1 is 1.36 bits per heavy atom. The third kappa shape index (κ3) is 2.36. The van der Waals surface area contributed by atoms with Crippen molar-refractivity contribution in [2.45, 2.75) is 25.9 Å². The number of thiophene rings is 1. The van der Waals surface area contributed by atoms with Gasteiger partial charge in [0.2, 0.25) is 0 Å². The van der Waals surface area contributed by atoms with E-state index < -0.39 is 5.66 Å². The normalized spacial score (nSPS) is 19.6. The predicted molar refractivity (Wildman–Crippen MR) is 107 cm³/mol. The first kappa shape index (κ1) is 16.2. The predicted octanol–water partition coefficient (Wildman–Crippen LogP) is 3.82. The van der Waals surface area contributed by atoms with E-state index >= 15 is 0 Å². The molecule has 3 aromatic rings. The molecule has 130 valence electrons. The first-order chi connectivity index (χ1) is 12.1. The second-order valence-corrected chi connectivity index (χ2v) is 7.33. The molecule has 0 saturated carbocycles. The van der Waals surface area contributed by atoms with Crippen molar-refractivity contribution in [3.05, 3.63) is 41.4 Å². The lowest BCUT2D eigenvalue weighted by Crippen LogP contribution is -2.46. The van der Waals surface area contributed by atoms with Gasteiger partial charge in [-0.15, -0.1) is 11.3 Å². The number of guanidine groups is 1. The quantitative estimate of drug-likeness (QED) is 0.668. The summed E-state index contributed by atoms with van der Waals surface area (Å²) in [6.07, 6.45) is 2.95. The average Bonchev–Trinajstić information content (AvgIpc) is 3.24. The number of nitrogens with two attached hydrogens (primary N) is 1. The largest absolute Gasteiger partial charge is 0.370 e. The first-order valence-corrected chi connectivity index (χ1v) is 9.51. The van der Waals surface area contributed by atoms with Crippen molar-refractivity contribution in [2.24, 2.45) is 17.8 Å². The first-order valence-electron chi connectivity index (χ1n) is 8.63. The highest BCUT2D eigenvalue weighted by Crippen LogP contribution is 2.45. The fourth-order valence-electron chi connectivity index (χ4n) is 3.89. The molecular weight excluding hydrogens is 330 g/mol. The summed E-state index contributed by atoms with van der Waals surface area (Å²) in [5, 5.41) is 10.2. The van der Waals surface area contributed by atoms with Crippen LogP contribution in [0, 0.1) is 0 Å². The van der Waals surface area contributed by atoms with E-state index in [2.05, 4.69) is 71.9 Å². The van der Waals surface area contributed by atoms with Crippen molar-refractivity contribution in [1.82, 2.24) is 9.88 Å². The second kappa shape index (κ2) is 5.89. The summed E-state index contributed by atoms with van der Waals surface area (Å²) in [7, 11) is 2.10. The molecule has 4 rings (SSSR count). The number of rotatable bonds is 4. The molecule has 1 aromatic carbocycles. The molecule has 0 amide bonds. The number of nitrogens with one attached hydrogen (secondary N) is 2. The molecule has 25 heavy (non-hydrogen) atoms. The zero-order valence-electron chi connectivity index (χ0n) is 14.8. The van der Waals surface area contributed by atoms with Gasteiger partial charge in [-0.1, -0.05) is 19.9 Å². The van der Waals surface area contributed by atoms with Crippen LogP contribution in [0.4, 0.5) is 5.69 Å². The summed E-state index contributed by atoms with van der Waals surface area (Å²) in [4.78, 5) is 6.03. The van der Waals surface area contributed by atoms with Crippen molar-refractivity contribution in [2.75, 3.05) is 11.9 Å². The van der Waals surface area contributed by atoms with Gasteiger partial charge in [0.1, 0.15) is 5.66 Å². The Hall–Kier alpha value is -2.31. The Bertz CT molecular complexity index is 954. The molecular formula is C19H23N5S. The minimum absolute atomic E-state index is 0.461. The maximum atomic E-state index is 6.15. The number of hydrogen-bond donors (Lipinski definition) is 3. The van der Waals surface area contributed by atoms with Crippen molar-refractivity contribution in [1.29, 1.82) is 0 Å². The molecule has 6 heteroatoms. The van der Waals surface area contributed by atoms with Crippen molar-refractivity contribution in [3.8, 4) is 10.4 Å². The Balaban J connectivity index is 2.09. The maximum absolute atomic E-state index is 6.15. The molecule has 2 aromatic heterocycles. The molecule has 5 nitrogen and oxygen atoms in total. The van der Waals surface area contributed by atoms with Gasteiger partial charge in [-0.2, -0.15) is 0 Å². The van der Waals surface area contributed by atoms with Gasteiger partial charge < -0.3 is 15.6 Å². The molecule has 4 N–H and O–H groups in total. The van der Waals surface area contributed by atoms with Gasteiger partial charge >= 0.3 is 0 Å². The van der Waals surface area contributed by atoms with Crippen LogP contribution in [-0.2, 0) is 12.7 Å². The molecule has 0 radical (unpaired) electrons. The number of fused-ring (bicyclic) bond motifs is 3. The number of nitrogens with zero attached hydrogens (tertiary/aromatic N) is 2. The van der Waals surface area contributed by atoms with E-state index in [0.29, 0.717) is 5.96 Å². The van der Waals surface area contributed by atoms with Crippen LogP contribution in [0.25, 0.3) is 21.3 Å². The van der Waals surface area contributed by atoms with Gasteiger partial charge in [-0.05, 0) is 36.5 Å². The zero-order valence-corrected chi connectivity index (χ0v) is 15.6.